The fraction of sp³-hybridized carbons (Fsp3) is 0.118. The Morgan fingerprint density at radius 2 is 1.88 bits per heavy atom. The fourth-order valence-corrected chi connectivity index (χ4v) is 2.33. The van der Waals surface area contributed by atoms with Crippen LogP contribution >= 0.6 is 0 Å². The van der Waals surface area contributed by atoms with Crippen molar-refractivity contribution in [2.75, 3.05) is 0 Å². The van der Waals surface area contributed by atoms with Crippen LogP contribution in [0.4, 0.5) is 5.69 Å². The molecule has 0 N–H and O–H groups in total. The minimum atomic E-state index is -0.471. The molecular weight excluding hydrogens is 322 g/mol. The van der Waals surface area contributed by atoms with E-state index in [4.69, 9.17) is 0 Å². The molecule has 2 aromatic carbocycles. The van der Waals surface area contributed by atoms with Gasteiger partial charge in [0.15, 0.2) is 5.82 Å². The summed E-state index contributed by atoms with van der Waals surface area (Å²) in [6.07, 6.45) is 1.46. The van der Waals surface area contributed by atoms with Gasteiger partial charge in [-0.05, 0) is 49.2 Å². The number of benzene rings is 2. The van der Waals surface area contributed by atoms with E-state index in [1.807, 2.05) is 25.1 Å². The Morgan fingerprint density at radius 1 is 1.16 bits per heavy atom. The van der Waals surface area contributed by atoms with Gasteiger partial charge in [-0.2, -0.15) is 14.5 Å². The van der Waals surface area contributed by atoms with Crippen molar-refractivity contribution in [3.8, 4) is 5.69 Å². The molecular formula is C17H15N5O3. The summed E-state index contributed by atoms with van der Waals surface area (Å²) < 4.78 is 2.47. The average Bonchev–Trinajstić information content (AvgIpc) is 2.88. The van der Waals surface area contributed by atoms with Gasteiger partial charge in [0.2, 0.25) is 0 Å². The minimum Gasteiger partial charge on any atom is -0.258 e. The van der Waals surface area contributed by atoms with E-state index in [1.54, 1.807) is 25.1 Å². The summed E-state index contributed by atoms with van der Waals surface area (Å²) in [6, 6.07) is 13.3. The summed E-state index contributed by atoms with van der Waals surface area (Å²) in [5.41, 5.74) is 1.93. The van der Waals surface area contributed by atoms with Crippen LogP contribution in [0.5, 0.6) is 0 Å². The lowest BCUT2D eigenvalue weighted by atomic mass is 10.2. The maximum atomic E-state index is 12.5. The van der Waals surface area contributed by atoms with Crippen LogP contribution in [0.25, 0.3) is 5.69 Å². The topological polar surface area (TPSA) is 95.3 Å². The van der Waals surface area contributed by atoms with Gasteiger partial charge in [0.05, 0.1) is 16.8 Å². The maximum Gasteiger partial charge on any atom is 0.371 e. The molecule has 0 saturated heterocycles. The summed E-state index contributed by atoms with van der Waals surface area (Å²) >= 11 is 0. The first kappa shape index (κ1) is 16.3. The van der Waals surface area contributed by atoms with E-state index < -0.39 is 4.92 Å². The van der Waals surface area contributed by atoms with Gasteiger partial charge in [-0.25, -0.2) is 4.79 Å². The summed E-state index contributed by atoms with van der Waals surface area (Å²) in [5.74, 6) is 0.435. The Hall–Kier alpha value is -3.55. The second kappa shape index (κ2) is 6.52. The lowest BCUT2D eigenvalue weighted by Crippen LogP contribution is -2.21. The van der Waals surface area contributed by atoms with Crippen LogP contribution in [0.15, 0.2) is 58.4 Å². The van der Waals surface area contributed by atoms with Crippen LogP contribution in [0.1, 0.15) is 17.0 Å². The van der Waals surface area contributed by atoms with E-state index in [0.29, 0.717) is 17.1 Å². The van der Waals surface area contributed by atoms with Gasteiger partial charge in [0.25, 0.3) is 5.69 Å². The summed E-state index contributed by atoms with van der Waals surface area (Å²) in [7, 11) is 0. The molecule has 0 atom stereocenters. The average molecular weight is 337 g/mol. The van der Waals surface area contributed by atoms with E-state index in [-0.39, 0.29) is 11.4 Å². The number of nitro benzene ring substituents is 1. The summed E-state index contributed by atoms with van der Waals surface area (Å²) in [5, 5.41) is 19.0. The molecule has 0 bridgehead atoms. The molecule has 0 spiro atoms. The first-order valence-corrected chi connectivity index (χ1v) is 7.50. The number of rotatable bonds is 4. The van der Waals surface area contributed by atoms with E-state index in [0.717, 1.165) is 5.56 Å². The Morgan fingerprint density at radius 3 is 2.52 bits per heavy atom. The largest absolute Gasteiger partial charge is 0.371 e. The number of nitrogens with zero attached hydrogens (tertiary/aromatic N) is 5. The molecule has 8 nitrogen and oxygen atoms in total. The Kier molecular flexibility index (Phi) is 4.25. The fourth-order valence-electron chi connectivity index (χ4n) is 2.33. The lowest BCUT2D eigenvalue weighted by Gasteiger charge is -1.99. The van der Waals surface area contributed by atoms with E-state index in [9.17, 15) is 14.9 Å². The van der Waals surface area contributed by atoms with Crippen molar-refractivity contribution in [3.63, 3.8) is 0 Å². The third kappa shape index (κ3) is 3.37. The van der Waals surface area contributed by atoms with Crippen LogP contribution in [-0.4, -0.2) is 25.6 Å². The molecule has 0 unspecified atom stereocenters. The normalized spacial score (nSPS) is 11.1. The molecule has 25 heavy (non-hydrogen) atoms. The SMILES string of the molecule is Cc1cccc(-n2nc(C)n(/N=C/c3ccc([N+](=O)[O-])cc3)c2=O)c1. The zero-order valence-corrected chi connectivity index (χ0v) is 13.7. The monoisotopic (exact) mass is 337 g/mol. The summed E-state index contributed by atoms with van der Waals surface area (Å²) in [6.45, 7) is 3.62. The number of aromatic nitrogens is 3. The van der Waals surface area contributed by atoms with Crippen molar-refractivity contribution in [2.45, 2.75) is 13.8 Å². The van der Waals surface area contributed by atoms with Crippen LogP contribution in [-0.2, 0) is 0 Å². The van der Waals surface area contributed by atoms with Gasteiger partial charge in [-0.3, -0.25) is 10.1 Å². The van der Waals surface area contributed by atoms with Crippen molar-refractivity contribution in [1.82, 2.24) is 14.5 Å². The quantitative estimate of drug-likeness (QED) is 0.415. The smallest absolute Gasteiger partial charge is 0.258 e. The number of aryl methyl sites for hydroxylation is 2. The molecule has 0 aliphatic rings. The van der Waals surface area contributed by atoms with Crippen LogP contribution in [0.2, 0.25) is 0 Å². The number of hydrogen-bond acceptors (Lipinski definition) is 5. The highest BCUT2D eigenvalue weighted by Gasteiger charge is 2.11. The van der Waals surface area contributed by atoms with Crippen molar-refractivity contribution in [2.24, 2.45) is 5.10 Å². The summed E-state index contributed by atoms with van der Waals surface area (Å²) in [4.78, 5) is 22.7. The molecule has 0 fully saturated rings. The number of non-ortho nitro benzene ring substituents is 1. The molecule has 0 radical (unpaired) electrons. The van der Waals surface area contributed by atoms with Gasteiger partial charge in [0, 0.05) is 12.1 Å². The first-order valence-electron chi connectivity index (χ1n) is 7.50. The second-order valence-corrected chi connectivity index (χ2v) is 5.49. The van der Waals surface area contributed by atoms with Gasteiger partial charge < -0.3 is 0 Å². The zero-order valence-electron chi connectivity index (χ0n) is 13.7. The van der Waals surface area contributed by atoms with Crippen molar-refractivity contribution < 1.29 is 4.92 Å². The van der Waals surface area contributed by atoms with Gasteiger partial charge in [-0.1, -0.05) is 12.1 Å². The maximum absolute atomic E-state index is 12.5. The van der Waals surface area contributed by atoms with E-state index in [2.05, 4.69) is 10.2 Å². The third-order valence-corrected chi connectivity index (χ3v) is 3.59. The highest BCUT2D eigenvalue weighted by molar-refractivity contribution is 5.79. The molecule has 0 amide bonds. The van der Waals surface area contributed by atoms with Crippen molar-refractivity contribution in [1.29, 1.82) is 0 Å². The van der Waals surface area contributed by atoms with E-state index >= 15 is 0 Å². The van der Waals surface area contributed by atoms with E-state index in [1.165, 1.54) is 27.7 Å². The van der Waals surface area contributed by atoms with Gasteiger partial charge in [0.1, 0.15) is 0 Å². The molecule has 0 aliphatic heterocycles. The van der Waals surface area contributed by atoms with Crippen LogP contribution in [0.3, 0.4) is 0 Å². The zero-order chi connectivity index (χ0) is 18.0. The molecule has 1 aromatic heterocycles. The van der Waals surface area contributed by atoms with Crippen molar-refractivity contribution in [3.05, 3.63) is 86.1 Å². The third-order valence-electron chi connectivity index (χ3n) is 3.59. The lowest BCUT2D eigenvalue weighted by molar-refractivity contribution is -0.384. The van der Waals surface area contributed by atoms with Crippen LogP contribution in [0, 0.1) is 24.0 Å². The molecule has 126 valence electrons. The predicted octanol–water partition coefficient (Wildman–Crippen LogP) is 2.44. The molecule has 0 aliphatic carbocycles. The second-order valence-electron chi connectivity index (χ2n) is 5.49. The van der Waals surface area contributed by atoms with Gasteiger partial charge >= 0.3 is 5.69 Å². The predicted molar refractivity (Wildman–Crippen MR) is 93.4 cm³/mol. The highest BCUT2D eigenvalue weighted by Crippen LogP contribution is 2.11. The van der Waals surface area contributed by atoms with Gasteiger partial charge in [-0.15, -0.1) is 5.10 Å². The molecule has 1 heterocycles. The van der Waals surface area contributed by atoms with Crippen LogP contribution < -0.4 is 5.69 Å². The highest BCUT2D eigenvalue weighted by atomic mass is 16.6. The first-order chi connectivity index (χ1) is 12.0. The Bertz CT molecular complexity index is 1020. The minimum absolute atomic E-state index is 0.00207. The Labute approximate surface area is 142 Å². The number of nitro groups is 1. The Balaban J connectivity index is 1.93. The van der Waals surface area contributed by atoms with Crippen molar-refractivity contribution >= 4 is 11.9 Å². The standard InChI is InChI=1S/C17H15N5O3/c1-12-4-3-5-16(10-12)21-17(23)20(13(2)19-21)18-11-14-6-8-15(9-7-14)22(24)25/h3-11H,1-2H3/b18-11+. The molecule has 8 heteroatoms. The molecule has 3 aromatic rings. The molecule has 3 rings (SSSR count). The molecule has 0 saturated carbocycles. The number of hydrogen-bond donors (Lipinski definition) is 0.